The Kier molecular flexibility index (Phi) is 10.5. The van der Waals surface area contributed by atoms with Crippen molar-refractivity contribution < 1.29 is 14.3 Å². The van der Waals surface area contributed by atoms with Crippen molar-refractivity contribution in [2.75, 3.05) is 33.8 Å². The van der Waals surface area contributed by atoms with E-state index in [1.165, 1.54) is 44.9 Å². The van der Waals surface area contributed by atoms with Gasteiger partial charge in [-0.1, -0.05) is 32.1 Å². The summed E-state index contributed by atoms with van der Waals surface area (Å²) >= 11 is 0. The van der Waals surface area contributed by atoms with Crippen molar-refractivity contribution in [3.63, 3.8) is 0 Å². The summed E-state index contributed by atoms with van der Waals surface area (Å²) in [5, 5.41) is 6.93. The van der Waals surface area contributed by atoms with Crippen LogP contribution in [0.1, 0.15) is 70.6 Å². The minimum Gasteiger partial charge on any atom is -0.354 e. The molecule has 1 spiro atoms. The molecule has 29 heavy (non-hydrogen) atoms. The largest absolute Gasteiger partial charge is 0.354 e. The van der Waals surface area contributed by atoms with Gasteiger partial charge in [0.1, 0.15) is 12.6 Å². The number of hydrogen-bond donors (Lipinski definition) is 2. The van der Waals surface area contributed by atoms with Crippen molar-refractivity contribution in [3.05, 3.63) is 0 Å². The Morgan fingerprint density at radius 2 is 1.72 bits per heavy atom. The lowest BCUT2D eigenvalue weighted by Crippen LogP contribution is -2.47. The molecule has 3 rings (SSSR count). The molecule has 2 aliphatic carbocycles. The summed E-state index contributed by atoms with van der Waals surface area (Å²) in [5.41, 5.74) is 0. The average Bonchev–Trinajstić information content (AvgIpc) is 2.95. The first-order chi connectivity index (χ1) is 13.6. The number of likely N-dealkylation sites (N-methyl/N-ethyl adjacent to an activating group) is 1. The minimum atomic E-state index is -0.363. The van der Waals surface area contributed by atoms with E-state index >= 15 is 0 Å². The quantitative estimate of drug-likeness (QED) is 0.330. The molecule has 8 heteroatoms. The second-order valence-corrected chi connectivity index (χ2v) is 8.69. The SMILES string of the molecule is CN(C)C(=O)CN=C(NCC1COC2(CCCCCC2)O1)NC1CCCCC1.I. The number of aliphatic imine (C=N–C) groups is 1. The molecule has 3 fully saturated rings. The fourth-order valence-electron chi connectivity index (χ4n) is 4.34. The maximum absolute atomic E-state index is 12.0. The van der Waals surface area contributed by atoms with Crippen LogP contribution in [-0.4, -0.2) is 68.5 Å². The third-order valence-electron chi connectivity index (χ3n) is 6.09. The predicted octanol–water partition coefficient (Wildman–Crippen LogP) is 3.03. The fraction of sp³-hybridized carbons (Fsp3) is 0.905. The molecule has 0 radical (unpaired) electrons. The molecule has 0 bridgehead atoms. The van der Waals surface area contributed by atoms with Gasteiger partial charge in [0.2, 0.25) is 5.91 Å². The molecule has 0 aromatic heterocycles. The first-order valence-corrected chi connectivity index (χ1v) is 11.1. The molecule has 0 aromatic carbocycles. The van der Waals surface area contributed by atoms with Crippen molar-refractivity contribution in [1.29, 1.82) is 0 Å². The lowest BCUT2D eigenvalue weighted by Gasteiger charge is -2.27. The number of carbonyl (C=O) groups excluding carboxylic acids is 1. The Labute approximate surface area is 192 Å². The second kappa shape index (κ2) is 12.3. The van der Waals surface area contributed by atoms with Gasteiger partial charge in [-0.05, 0) is 25.7 Å². The molecular formula is C21H39IN4O3. The van der Waals surface area contributed by atoms with Crippen LogP contribution in [0.25, 0.3) is 0 Å². The number of halogens is 1. The van der Waals surface area contributed by atoms with Crippen molar-refractivity contribution in [1.82, 2.24) is 15.5 Å². The van der Waals surface area contributed by atoms with Crippen molar-refractivity contribution in [2.45, 2.75) is 88.6 Å². The van der Waals surface area contributed by atoms with E-state index in [1.807, 2.05) is 0 Å². The second-order valence-electron chi connectivity index (χ2n) is 8.69. The molecule has 1 aliphatic heterocycles. The number of nitrogens with one attached hydrogen (secondary N) is 2. The van der Waals surface area contributed by atoms with E-state index in [-0.39, 0.29) is 48.3 Å². The zero-order valence-corrected chi connectivity index (χ0v) is 20.4. The third kappa shape index (κ3) is 7.86. The number of rotatable bonds is 5. The summed E-state index contributed by atoms with van der Waals surface area (Å²) in [6.45, 7) is 1.43. The Morgan fingerprint density at radius 3 is 2.38 bits per heavy atom. The van der Waals surface area contributed by atoms with Crippen molar-refractivity contribution in [3.8, 4) is 0 Å². The Bertz CT molecular complexity index is 530. The van der Waals surface area contributed by atoms with Gasteiger partial charge in [0.15, 0.2) is 11.7 Å². The topological polar surface area (TPSA) is 75.2 Å². The Balaban J connectivity index is 0.00000300. The van der Waals surface area contributed by atoms with E-state index in [1.54, 1.807) is 19.0 Å². The molecule has 2 saturated carbocycles. The molecule has 2 N–H and O–H groups in total. The Morgan fingerprint density at radius 1 is 1.07 bits per heavy atom. The molecule has 1 saturated heterocycles. The van der Waals surface area contributed by atoms with Crippen LogP contribution in [0.3, 0.4) is 0 Å². The van der Waals surface area contributed by atoms with Gasteiger partial charge in [0, 0.05) is 39.5 Å². The standard InChI is InChI=1S/C21H38N4O3.HI/c1-25(2)19(26)15-23-20(24-17-10-6-5-7-11-17)22-14-18-16-27-21(28-18)12-8-3-4-9-13-21;/h17-18H,3-16H2,1-2H3,(H2,22,23,24);1H. The third-order valence-corrected chi connectivity index (χ3v) is 6.09. The van der Waals surface area contributed by atoms with E-state index < -0.39 is 0 Å². The maximum Gasteiger partial charge on any atom is 0.243 e. The first-order valence-electron chi connectivity index (χ1n) is 11.1. The van der Waals surface area contributed by atoms with E-state index in [2.05, 4.69) is 15.6 Å². The Hall–Kier alpha value is -0.610. The van der Waals surface area contributed by atoms with Gasteiger partial charge in [-0.2, -0.15) is 0 Å². The number of guanidine groups is 1. The highest BCUT2D eigenvalue weighted by Gasteiger charge is 2.41. The summed E-state index contributed by atoms with van der Waals surface area (Å²) in [4.78, 5) is 18.1. The van der Waals surface area contributed by atoms with Crippen LogP contribution in [-0.2, 0) is 14.3 Å². The normalized spacial score (nSPS) is 25.2. The van der Waals surface area contributed by atoms with Gasteiger partial charge < -0.3 is 25.0 Å². The molecule has 168 valence electrons. The molecule has 7 nitrogen and oxygen atoms in total. The number of carbonyl (C=O) groups is 1. The highest BCUT2D eigenvalue weighted by Crippen LogP contribution is 2.36. The minimum absolute atomic E-state index is 0. The zero-order chi connectivity index (χ0) is 19.8. The van der Waals surface area contributed by atoms with Crippen LogP contribution in [0, 0.1) is 0 Å². The van der Waals surface area contributed by atoms with Crippen LogP contribution in [0.5, 0.6) is 0 Å². The highest BCUT2D eigenvalue weighted by molar-refractivity contribution is 14.0. The predicted molar refractivity (Wildman–Crippen MR) is 126 cm³/mol. The molecule has 1 amide bonds. The maximum atomic E-state index is 12.0. The van der Waals surface area contributed by atoms with Gasteiger partial charge in [0.05, 0.1) is 6.61 Å². The first kappa shape index (κ1) is 24.7. The summed E-state index contributed by atoms with van der Waals surface area (Å²) < 4.78 is 12.4. The highest BCUT2D eigenvalue weighted by atomic mass is 127. The monoisotopic (exact) mass is 522 g/mol. The van der Waals surface area contributed by atoms with Gasteiger partial charge >= 0.3 is 0 Å². The van der Waals surface area contributed by atoms with E-state index in [0.29, 0.717) is 25.2 Å². The van der Waals surface area contributed by atoms with Crippen LogP contribution in [0.2, 0.25) is 0 Å². The summed E-state index contributed by atoms with van der Waals surface area (Å²) in [7, 11) is 3.52. The molecule has 0 aromatic rings. The van der Waals surface area contributed by atoms with Gasteiger partial charge in [-0.3, -0.25) is 4.79 Å². The van der Waals surface area contributed by atoms with Crippen LogP contribution >= 0.6 is 24.0 Å². The van der Waals surface area contributed by atoms with Crippen LogP contribution in [0.4, 0.5) is 0 Å². The molecule has 1 atom stereocenters. The van der Waals surface area contributed by atoms with E-state index in [0.717, 1.165) is 25.7 Å². The molecule has 3 aliphatic rings. The summed E-state index contributed by atoms with van der Waals surface area (Å²) in [6, 6.07) is 0.434. The number of hydrogen-bond acceptors (Lipinski definition) is 4. The van der Waals surface area contributed by atoms with Gasteiger partial charge in [-0.25, -0.2) is 4.99 Å². The number of ether oxygens (including phenoxy) is 2. The van der Waals surface area contributed by atoms with Crippen molar-refractivity contribution in [2.24, 2.45) is 4.99 Å². The lowest BCUT2D eigenvalue weighted by molar-refractivity contribution is -0.175. The molecule has 1 unspecified atom stereocenters. The molecule has 1 heterocycles. The smallest absolute Gasteiger partial charge is 0.243 e. The summed E-state index contributed by atoms with van der Waals surface area (Å²) in [5.74, 6) is 0.354. The van der Waals surface area contributed by atoms with Crippen molar-refractivity contribution >= 4 is 35.8 Å². The van der Waals surface area contributed by atoms with Gasteiger partial charge in [-0.15, -0.1) is 24.0 Å². The fourth-order valence-corrected chi connectivity index (χ4v) is 4.34. The number of amides is 1. The number of nitrogens with zero attached hydrogens (tertiary/aromatic N) is 2. The van der Waals surface area contributed by atoms with Gasteiger partial charge in [0.25, 0.3) is 0 Å². The van der Waals surface area contributed by atoms with Crippen LogP contribution < -0.4 is 10.6 Å². The van der Waals surface area contributed by atoms with E-state index in [9.17, 15) is 4.79 Å². The zero-order valence-electron chi connectivity index (χ0n) is 18.1. The lowest BCUT2D eigenvalue weighted by atomic mass is 9.96. The summed E-state index contributed by atoms with van der Waals surface area (Å²) in [6.07, 6.45) is 13.1. The molecular weight excluding hydrogens is 483 g/mol. The average molecular weight is 522 g/mol. The van der Waals surface area contributed by atoms with E-state index in [4.69, 9.17) is 9.47 Å². The van der Waals surface area contributed by atoms with Crippen LogP contribution in [0.15, 0.2) is 4.99 Å².